The summed E-state index contributed by atoms with van der Waals surface area (Å²) in [5.41, 5.74) is 0. The van der Waals surface area contributed by atoms with Crippen molar-refractivity contribution in [1.29, 1.82) is 0 Å². The Morgan fingerprint density at radius 2 is 2.10 bits per heavy atom. The third kappa shape index (κ3) is 4.37. The molecule has 0 aromatic heterocycles. The maximum atomic E-state index is 11.9. The van der Waals surface area contributed by atoms with Crippen molar-refractivity contribution in [3.05, 3.63) is 0 Å². The summed E-state index contributed by atoms with van der Waals surface area (Å²) < 4.78 is 9.43. The number of rotatable bonds is 6. The van der Waals surface area contributed by atoms with Crippen LogP contribution in [0.25, 0.3) is 0 Å². The number of amides is 2. The van der Waals surface area contributed by atoms with Crippen LogP contribution >= 0.6 is 0 Å². The third-order valence-corrected chi connectivity index (χ3v) is 3.22. The summed E-state index contributed by atoms with van der Waals surface area (Å²) in [6, 6.07) is -1.49. The average molecular weight is 288 g/mol. The molecule has 0 aliphatic carbocycles. The summed E-state index contributed by atoms with van der Waals surface area (Å²) in [6.45, 7) is 0.888. The van der Waals surface area contributed by atoms with Crippen molar-refractivity contribution >= 4 is 18.0 Å². The molecule has 2 amide bonds. The van der Waals surface area contributed by atoms with E-state index in [1.165, 1.54) is 19.1 Å². The van der Waals surface area contributed by atoms with Crippen LogP contribution in [0.2, 0.25) is 0 Å². The first-order chi connectivity index (χ1) is 9.49. The van der Waals surface area contributed by atoms with E-state index in [0.717, 1.165) is 0 Å². The van der Waals surface area contributed by atoms with Gasteiger partial charge >= 0.3 is 18.0 Å². The van der Waals surface area contributed by atoms with Crippen LogP contribution in [0.15, 0.2) is 0 Å². The molecule has 0 radical (unpaired) electrons. The van der Waals surface area contributed by atoms with Gasteiger partial charge in [0.1, 0.15) is 6.04 Å². The van der Waals surface area contributed by atoms with Crippen molar-refractivity contribution in [2.75, 3.05) is 33.9 Å². The maximum absolute atomic E-state index is 11.9. The number of nitrogens with zero attached hydrogens (tertiary/aromatic N) is 1. The summed E-state index contributed by atoms with van der Waals surface area (Å²) >= 11 is 0. The minimum Gasteiger partial charge on any atom is -0.480 e. The number of likely N-dealkylation sites (tertiary alicyclic amines) is 1. The lowest BCUT2D eigenvalue weighted by Gasteiger charge is -2.20. The summed E-state index contributed by atoms with van der Waals surface area (Å²) in [7, 11) is 2.76. The van der Waals surface area contributed by atoms with Crippen LogP contribution in [-0.4, -0.2) is 67.9 Å². The highest BCUT2D eigenvalue weighted by atomic mass is 16.5. The fourth-order valence-corrected chi connectivity index (χ4v) is 2.04. The normalized spacial score (nSPS) is 19.5. The lowest BCUT2D eigenvalue weighted by Crippen LogP contribution is -2.47. The fraction of sp³-hybridized carbons (Fsp3) is 0.750. The molecule has 0 aromatic rings. The van der Waals surface area contributed by atoms with Gasteiger partial charge in [-0.2, -0.15) is 0 Å². The molecule has 8 nitrogen and oxygen atoms in total. The van der Waals surface area contributed by atoms with E-state index in [2.05, 4.69) is 10.1 Å². The predicted molar refractivity (Wildman–Crippen MR) is 68.1 cm³/mol. The van der Waals surface area contributed by atoms with Gasteiger partial charge in [0.2, 0.25) is 0 Å². The van der Waals surface area contributed by atoms with E-state index >= 15 is 0 Å². The molecule has 8 heteroatoms. The van der Waals surface area contributed by atoms with Gasteiger partial charge in [-0.25, -0.2) is 9.59 Å². The van der Waals surface area contributed by atoms with Crippen LogP contribution in [0.3, 0.4) is 0 Å². The van der Waals surface area contributed by atoms with Gasteiger partial charge in [-0.1, -0.05) is 0 Å². The largest absolute Gasteiger partial charge is 0.480 e. The minimum absolute atomic E-state index is 0.186. The van der Waals surface area contributed by atoms with E-state index in [9.17, 15) is 14.4 Å². The zero-order valence-electron chi connectivity index (χ0n) is 11.6. The van der Waals surface area contributed by atoms with Gasteiger partial charge in [-0.05, 0) is 6.42 Å². The van der Waals surface area contributed by atoms with Crippen molar-refractivity contribution in [1.82, 2.24) is 10.2 Å². The SMILES string of the molecule is COCCC(NC(=O)N1CCC(C(=O)OC)C1)C(=O)O. The monoisotopic (exact) mass is 288 g/mol. The number of carbonyl (C=O) groups is 3. The highest BCUT2D eigenvalue weighted by Crippen LogP contribution is 2.17. The lowest BCUT2D eigenvalue weighted by atomic mass is 10.1. The first-order valence-electron chi connectivity index (χ1n) is 6.34. The summed E-state index contributed by atoms with van der Waals surface area (Å²) in [6.07, 6.45) is 0.710. The van der Waals surface area contributed by atoms with Crippen LogP contribution in [0.4, 0.5) is 4.79 Å². The van der Waals surface area contributed by atoms with E-state index in [-0.39, 0.29) is 31.5 Å². The van der Waals surface area contributed by atoms with Crippen molar-refractivity contribution in [2.24, 2.45) is 5.92 Å². The molecule has 0 aromatic carbocycles. The van der Waals surface area contributed by atoms with Crippen LogP contribution in [0, 0.1) is 5.92 Å². The van der Waals surface area contributed by atoms with Gasteiger partial charge in [0.05, 0.1) is 13.0 Å². The summed E-state index contributed by atoms with van der Waals surface area (Å²) in [5.74, 6) is -1.80. The molecule has 1 fully saturated rings. The van der Waals surface area contributed by atoms with Crippen LogP contribution < -0.4 is 5.32 Å². The third-order valence-electron chi connectivity index (χ3n) is 3.22. The van der Waals surface area contributed by atoms with Crippen molar-refractivity contribution in [3.63, 3.8) is 0 Å². The molecule has 1 rings (SSSR count). The minimum atomic E-state index is -1.11. The second kappa shape index (κ2) is 7.68. The smallest absolute Gasteiger partial charge is 0.326 e. The Morgan fingerprint density at radius 1 is 1.40 bits per heavy atom. The van der Waals surface area contributed by atoms with Crippen molar-refractivity contribution in [3.8, 4) is 0 Å². The molecule has 0 bridgehead atoms. The fourth-order valence-electron chi connectivity index (χ4n) is 2.04. The van der Waals surface area contributed by atoms with E-state index in [0.29, 0.717) is 13.0 Å². The molecule has 114 valence electrons. The first kappa shape index (κ1) is 16.2. The Bertz CT molecular complexity index is 373. The van der Waals surface area contributed by atoms with Crippen molar-refractivity contribution in [2.45, 2.75) is 18.9 Å². The lowest BCUT2D eigenvalue weighted by molar-refractivity contribution is -0.145. The number of carbonyl (C=O) groups excluding carboxylic acids is 2. The number of aliphatic carboxylic acids is 1. The molecule has 1 saturated heterocycles. The Balaban J connectivity index is 2.49. The van der Waals surface area contributed by atoms with Crippen LogP contribution in [0.5, 0.6) is 0 Å². The second-order valence-electron chi connectivity index (χ2n) is 4.58. The molecular weight excluding hydrogens is 268 g/mol. The first-order valence-corrected chi connectivity index (χ1v) is 6.34. The molecule has 1 aliphatic heterocycles. The Labute approximate surface area is 117 Å². The maximum Gasteiger partial charge on any atom is 0.326 e. The van der Waals surface area contributed by atoms with E-state index < -0.39 is 18.0 Å². The zero-order chi connectivity index (χ0) is 15.1. The molecule has 2 N–H and O–H groups in total. The molecule has 0 spiro atoms. The number of carboxylic acids is 1. The van der Waals surface area contributed by atoms with Gasteiger partial charge < -0.3 is 24.8 Å². The predicted octanol–water partition coefficient (Wildman–Crippen LogP) is -0.319. The molecule has 2 atom stereocenters. The number of nitrogens with one attached hydrogen (secondary N) is 1. The van der Waals surface area contributed by atoms with Gasteiger partial charge in [-0.15, -0.1) is 0 Å². The molecular formula is C12H20N2O6. The van der Waals surface area contributed by atoms with Crippen LogP contribution in [0.1, 0.15) is 12.8 Å². The second-order valence-corrected chi connectivity index (χ2v) is 4.58. The molecule has 1 heterocycles. The molecule has 1 aliphatic rings. The van der Waals surface area contributed by atoms with Gasteiger partial charge in [0.15, 0.2) is 0 Å². The average Bonchev–Trinajstić information content (AvgIpc) is 2.91. The van der Waals surface area contributed by atoms with Gasteiger partial charge in [0, 0.05) is 33.2 Å². The highest BCUT2D eigenvalue weighted by Gasteiger charge is 2.33. The Hall–Kier alpha value is -1.83. The van der Waals surface area contributed by atoms with E-state index in [1.54, 1.807) is 0 Å². The molecule has 0 saturated carbocycles. The quantitative estimate of drug-likeness (QED) is 0.649. The van der Waals surface area contributed by atoms with Gasteiger partial charge in [0.25, 0.3) is 0 Å². The van der Waals surface area contributed by atoms with Gasteiger partial charge in [-0.3, -0.25) is 4.79 Å². The topological polar surface area (TPSA) is 105 Å². The molecule has 2 unspecified atom stereocenters. The Morgan fingerprint density at radius 3 is 2.65 bits per heavy atom. The number of hydrogen-bond acceptors (Lipinski definition) is 5. The summed E-state index contributed by atoms with van der Waals surface area (Å²) in [5, 5.41) is 11.4. The number of urea groups is 1. The Kier molecular flexibility index (Phi) is 6.23. The number of ether oxygens (including phenoxy) is 2. The summed E-state index contributed by atoms with van der Waals surface area (Å²) in [4.78, 5) is 35.7. The number of methoxy groups -OCH3 is 2. The van der Waals surface area contributed by atoms with Crippen molar-refractivity contribution < 1.29 is 29.0 Å². The standard InChI is InChI=1S/C12H20N2O6/c1-19-6-4-9(10(15)16)13-12(18)14-5-3-8(7-14)11(17)20-2/h8-9H,3-7H2,1-2H3,(H,13,18)(H,15,16). The van der Waals surface area contributed by atoms with E-state index in [1.807, 2.05) is 0 Å². The van der Waals surface area contributed by atoms with E-state index in [4.69, 9.17) is 9.84 Å². The highest BCUT2D eigenvalue weighted by molar-refractivity contribution is 5.83. The zero-order valence-corrected chi connectivity index (χ0v) is 11.6. The number of hydrogen-bond donors (Lipinski definition) is 2. The number of carboxylic acid groups (broad SMARTS) is 1. The number of esters is 1. The van der Waals surface area contributed by atoms with Crippen LogP contribution in [-0.2, 0) is 19.1 Å². The molecule has 20 heavy (non-hydrogen) atoms.